The van der Waals surface area contributed by atoms with Gasteiger partial charge in [0, 0.05) is 6.20 Å². The van der Waals surface area contributed by atoms with Gasteiger partial charge >= 0.3 is 0 Å². The second-order valence-electron chi connectivity index (χ2n) is 5.31. The molecule has 0 aliphatic heterocycles. The second-order valence-corrected chi connectivity index (χ2v) is 6.58. The molecule has 0 saturated heterocycles. The lowest BCUT2D eigenvalue weighted by molar-refractivity contribution is 0.625. The van der Waals surface area contributed by atoms with Gasteiger partial charge in [-0.15, -0.1) is 0 Å². The average Bonchev–Trinajstić information content (AvgIpc) is 2.63. The normalized spacial score (nSPS) is 11.8. The molecule has 0 bridgehead atoms. The van der Waals surface area contributed by atoms with E-state index in [1.807, 2.05) is 6.07 Å². The third-order valence-corrected chi connectivity index (χ3v) is 5.13. The van der Waals surface area contributed by atoms with Gasteiger partial charge in [0.05, 0.1) is 16.1 Å². The minimum Gasteiger partial charge on any atom is -0.250 e. The molecule has 0 amide bonds. The van der Waals surface area contributed by atoms with Crippen LogP contribution in [0.5, 0.6) is 0 Å². The van der Waals surface area contributed by atoms with Crippen LogP contribution in [-0.4, -0.2) is 4.98 Å². The van der Waals surface area contributed by atoms with Gasteiger partial charge in [-0.2, -0.15) is 0 Å². The third-order valence-electron chi connectivity index (χ3n) is 3.75. The van der Waals surface area contributed by atoms with Crippen LogP contribution < -0.4 is 0 Å². The molecule has 1 heterocycles. The minimum absolute atomic E-state index is 0.385. The van der Waals surface area contributed by atoms with Crippen molar-refractivity contribution in [1.82, 2.24) is 4.98 Å². The Kier molecular flexibility index (Phi) is 5.24. The van der Waals surface area contributed by atoms with Crippen molar-refractivity contribution in [2.45, 2.75) is 9.77 Å². The summed E-state index contributed by atoms with van der Waals surface area (Å²) >= 11 is 1.30. The molecule has 0 fully saturated rings. The van der Waals surface area contributed by atoms with Gasteiger partial charge in [-0.1, -0.05) is 42.1 Å². The Morgan fingerprint density at radius 2 is 1.36 bits per heavy atom. The molecule has 0 N–H and O–H groups in total. The van der Waals surface area contributed by atoms with E-state index in [0.29, 0.717) is 22.5 Å². The van der Waals surface area contributed by atoms with Crippen molar-refractivity contribution in [3.8, 4) is 0 Å². The first-order valence-corrected chi connectivity index (χ1v) is 8.36. The first-order chi connectivity index (χ1) is 12.1. The van der Waals surface area contributed by atoms with Crippen molar-refractivity contribution in [3.63, 3.8) is 0 Å². The summed E-state index contributed by atoms with van der Waals surface area (Å²) in [7, 11) is 0. The number of nitrogens with zero attached hydrogens (tertiary/aromatic N) is 1. The lowest BCUT2D eigenvalue weighted by Crippen LogP contribution is -2.21. The van der Waals surface area contributed by atoms with Crippen LogP contribution in [0.2, 0.25) is 0 Å². The molecule has 3 rings (SSSR count). The van der Waals surface area contributed by atoms with E-state index in [9.17, 15) is 13.2 Å². The van der Waals surface area contributed by atoms with Crippen LogP contribution in [0.4, 0.5) is 13.2 Å². The van der Waals surface area contributed by atoms with Crippen LogP contribution >= 0.6 is 11.8 Å². The molecule has 5 heteroatoms. The molecule has 126 valence electrons. The number of pyridine rings is 1. The van der Waals surface area contributed by atoms with Crippen molar-refractivity contribution in [2.75, 3.05) is 0 Å². The summed E-state index contributed by atoms with van der Waals surface area (Å²) in [5.74, 6) is -0.771. The van der Waals surface area contributed by atoms with Gasteiger partial charge in [0.2, 0.25) is 0 Å². The Morgan fingerprint density at radius 3 is 1.80 bits per heavy atom. The predicted octanol–water partition coefficient (Wildman–Crippen LogP) is 5.88. The summed E-state index contributed by atoms with van der Waals surface area (Å²) in [6, 6.07) is 17.1. The molecule has 0 radical (unpaired) electrons. The molecule has 0 unspecified atom stereocenters. The molecule has 0 spiro atoms. The summed E-state index contributed by atoms with van der Waals surface area (Å²) in [5, 5.41) is 0.661. The number of aromatic nitrogens is 1. The third kappa shape index (κ3) is 3.77. The topological polar surface area (TPSA) is 12.9 Å². The Hall–Kier alpha value is -2.53. The second kappa shape index (κ2) is 7.57. The highest BCUT2D eigenvalue weighted by Crippen LogP contribution is 2.47. The summed E-state index contributed by atoms with van der Waals surface area (Å²) < 4.78 is 39.1. The van der Waals surface area contributed by atoms with Gasteiger partial charge < -0.3 is 0 Å². The number of hydrogen-bond donors (Lipinski definition) is 0. The predicted molar refractivity (Wildman–Crippen MR) is 93.9 cm³/mol. The average molecular weight is 357 g/mol. The maximum atomic E-state index is 13.4. The number of halogens is 3. The number of benzene rings is 2. The van der Waals surface area contributed by atoms with Crippen LogP contribution in [0.15, 0.2) is 90.4 Å². The van der Waals surface area contributed by atoms with Crippen LogP contribution in [0.1, 0.15) is 11.1 Å². The molecule has 1 nitrogen and oxygen atoms in total. The largest absolute Gasteiger partial charge is 0.250 e. The number of thioether (sulfide) groups is 1. The van der Waals surface area contributed by atoms with E-state index in [1.54, 1.807) is 42.6 Å². The first kappa shape index (κ1) is 17.3. The lowest BCUT2D eigenvalue weighted by atomic mass is 9.90. The van der Waals surface area contributed by atoms with E-state index in [2.05, 4.69) is 4.98 Å². The van der Waals surface area contributed by atoms with Gasteiger partial charge in [-0.3, -0.25) is 0 Å². The molecule has 25 heavy (non-hydrogen) atoms. The Labute approximate surface area is 148 Å². The van der Waals surface area contributed by atoms with Gasteiger partial charge in [0.25, 0.3) is 0 Å². The lowest BCUT2D eigenvalue weighted by Gasteiger charge is -2.31. The molecular weight excluding hydrogens is 343 g/mol. The van der Waals surface area contributed by atoms with E-state index in [-0.39, 0.29) is 11.6 Å². The highest BCUT2D eigenvalue weighted by atomic mass is 32.2. The number of rotatable bonds is 5. The fourth-order valence-electron chi connectivity index (χ4n) is 2.57. The Morgan fingerprint density at radius 1 is 0.800 bits per heavy atom. The van der Waals surface area contributed by atoms with Crippen LogP contribution in [-0.2, 0) is 4.75 Å². The molecule has 0 atom stereocenters. The summed E-state index contributed by atoms with van der Waals surface area (Å²) in [4.78, 5) is 4.29. The minimum atomic E-state index is -1.01. The van der Waals surface area contributed by atoms with Crippen molar-refractivity contribution >= 4 is 11.8 Å². The fraction of sp³-hybridized carbons (Fsp3) is 0.0500. The van der Waals surface area contributed by atoms with E-state index >= 15 is 0 Å². The molecule has 0 aliphatic carbocycles. The molecule has 0 saturated carbocycles. The zero-order valence-corrected chi connectivity index (χ0v) is 13.9. The molecular formula is C20H14F3NS. The molecule has 0 aliphatic rings. The van der Waals surface area contributed by atoms with Gasteiger partial charge in [0.1, 0.15) is 11.6 Å². The molecule has 1 aromatic heterocycles. The highest BCUT2D eigenvalue weighted by Gasteiger charge is 2.34. The van der Waals surface area contributed by atoms with E-state index < -0.39 is 4.75 Å². The maximum Gasteiger partial charge on any atom is 0.123 e. The molecule has 3 aromatic rings. The standard InChI is InChI=1S/C20H14F3NS/c21-13-12-20(15-4-8-17(22)9-5-15,16-6-10-18(23)11-7-16)25-19-3-1-2-14-24-19/h1-14H/b13-12+. The van der Waals surface area contributed by atoms with E-state index in [1.165, 1.54) is 42.1 Å². The van der Waals surface area contributed by atoms with Crippen molar-refractivity contribution in [3.05, 3.63) is 108 Å². The Bertz CT molecular complexity index is 801. The molecule has 2 aromatic carbocycles. The first-order valence-electron chi connectivity index (χ1n) is 7.54. The van der Waals surface area contributed by atoms with Crippen LogP contribution in [0, 0.1) is 11.6 Å². The van der Waals surface area contributed by atoms with Crippen molar-refractivity contribution in [1.29, 1.82) is 0 Å². The fourth-order valence-corrected chi connectivity index (χ4v) is 3.78. The van der Waals surface area contributed by atoms with E-state index in [0.717, 1.165) is 0 Å². The maximum absolute atomic E-state index is 13.4. The highest BCUT2D eigenvalue weighted by molar-refractivity contribution is 8.00. The van der Waals surface area contributed by atoms with Gasteiger partial charge in [0.15, 0.2) is 0 Å². The summed E-state index contributed by atoms with van der Waals surface area (Å²) in [5.41, 5.74) is 1.31. The van der Waals surface area contributed by atoms with Gasteiger partial charge in [-0.05, 0) is 53.6 Å². The van der Waals surface area contributed by atoms with Crippen molar-refractivity contribution < 1.29 is 13.2 Å². The van der Waals surface area contributed by atoms with E-state index in [4.69, 9.17) is 0 Å². The monoisotopic (exact) mass is 357 g/mol. The van der Waals surface area contributed by atoms with Crippen LogP contribution in [0.25, 0.3) is 0 Å². The summed E-state index contributed by atoms with van der Waals surface area (Å²) in [6.45, 7) is 0. The van der Waals surface area contributed by atoms with Crippen molar-refractivity contribution in [2.24, 2.45) is 0 Å². The Balaban J connectivity index is 2.20. The zero-order chi connectivity index (χ0) is 17.7. The quantitative estimate of drug-likeness (QED) is 0.529. The van der Waals surface area contributed by atoms with Crippen LogP contribution in [0.3, 0.4) is 0 Å². The smallest absolute Gasteiger partial charge is 0.123 e. The zero-order valence-electron chi connectivity index (χ0n) is 13.1. The number of hydrogen-bond acceptors (Lipinski definition) is 2. The van der Waals surface area contributed by atoms with Gasteiger partial charge in [-0.25, -0.2) is 18.2 Å². The summed E-state index contributed by atoms with van der Waals surface area (Å²) in [6.07, 6.45) is 3.46. The SMILES string of the molecule is F/C=C/C(Sc1ccccn1)(c1ccc(F)cc1)c1ccc(F)cc1.